The highest BCUT2D eigenvalue weighted by atomic mass is 35.5. The van der Waals surface area contributed by atoms with Crippen molar-refractivity contribution in [1.29, 1.82) is 0 Å². The Bertz CT molecular complexity index is 84.5. The summed E-state index contributed by atoms with van der Waals surface area (Å²) in [6, 6.07) is 0. The van der Waals surface area contributed by atoms with Crippen LogP contribution in [0.1, 0.15) is 6.42 Å². The Morgan fingerprint density at radius 3 is 2.38 bits per heavy atom. The zero-order chi connectivity index (χ0) is 6.15. The molecule has 1 aliphatic carbocycles. The minimum Gasteiger partial charge on any atom is -0.210 e. The first kappa shape index (κ1) is 6.27. The van der Waals surface area contributed by atoms with Crippen LogP contribution < -0.4 is 0 Å². The van der Waals surface area contributed by atoms with Crippen LogP contribution in [0.4, 0.5) is 8.78 Å². The fraction of sp³-hybridized carbons (Fsp3) is 1.00. The second-order valence-electron chi connectivity index (χ2n) is 2.15. The first-order chi connectivity index (χ1) is 3.75. The molecular formula is C5H7ClF2. The minimum absolute atomic E-state index is 0.108. The van der Waals surface area contributed by atoms with Crippen molar-refractivity contribution in [3.05, 3.63) is 0 Å². The highest BCUT2D eigenvalue weighted by molar-refractivity contribution is 6.18. The molecule has 1 rings (SSSR count). The molecule has 0 nitrogen and oxygen atoms in total. The lowest BCUT2D eigenvalue weighted by Gasteiger charge is -1.90. The summed E-state index contributed by atoms with van der Waals surface area (Å²) in [5.74, 6) is 0.124. The molecule has 0 radical (unpaired) electrons. The van der Waals surface area contributed by atoms with Crippen molar-refractivity contribution in [3.8, 4) is 0 Å². The van der Waals surface area contributed by atoms with Gasteiger partial charge >= 0.3 is 0 Å². The summed E-state index contributed by atoms with van der Waals surface area (Å²) in [5, 5.41) is 0. The molecule has 3 heteroatoms. The zero-order valence-corrected chi connectivity index (χ0v) is 5.04. The van der Waals surface area contributed by atoms with E-state index in [2.05, 4.69) is 0 Å². The molecule has 0 heterocycles. The lowest BCUT2D eigenvalue weighted by molar-refractivity contribution is 0.117. The normalized spacial score (nSPS) is 36.0. The van der Waals surface area contributed by atoms with E-state index >= 15 is 0 Å². The van der Waals surface area contributed by atoms with Gasteiger partial charge in [0, 0.05) is 11.8 Å². The summed E-state index contributed by atoms with van der Waals surface area (Å²) in [5.41, 5.74) is 0. The molecule has 0 bridgehead atoms. The van der Waals surface area contributed by atoms with Crippen molar-refractivity contribution in [2.45, 2.75) is 12.8 Å². The van der Waals surface area contributed by atoms with Gasteiger partial charge in [-0.3, -0.25) is 0 Å². The van der Waals surface area contributed by atoms with E-state index in [9.17, 15) is 8.78 Å². The molecule has 2 atom stereocenters. The molecule has 0 aliphatic heterocycles. The van der Waals surface area contributed by atoms with Crippen molar-refractivity contribution in [2.75, 3.05) is 5.88 Å². The minimum atomic E-state index is -2.14. The molecule has 8 heavy (non-hydrogen) atoms. The fourth-order valence-corrected chi connectivity index (χ4v) is 1.11. The Balaban J connectivity index is 2.16. The maximum absolute atomic E-state index is 11.6. The smallest absolute Gasteiger partial charge is 0.210 e. The van der Waals surface area contributed by atoms with Gasteiger partial charge in [0.15, 0.2) is 0 Å². The van der Waals surface area contributed by atoms with Crippen LogP contribution in [-0.2, 0) is 0 Å². The van der Waals surface area contributed by atoms with E-state index in [1.165, 1.54) is 0 Å². The summed E-state index contributed by atoms with van der Waals surface area (Å²) in [7, 11) is 0. The summed E-state index contributed by atoms with van der Waals surface area (Å²) >= 11 is 5.30. The lowest BCUT2D eigenvalue weighted by atomic mass is 10.4. The predicted molar refractivity (Wildman–Crippen MR) is 28.3 cm³/mol. The van der Waals surface area contributed by atoms with Gasteiger partial charge in [0.2, 0.25) is 6.43 Å². The van der Waals surface area contributed by atoms with Gasteiger partial charge in [-0.05, 0) is 12.3 Å². The number of alkyl halides is 3. The molecule has 0 saturated heterocycles. The molecule has 1 fully saturated rings. The van der Waals surface area contributed by atoms with E-state index in [0.29, 0.717) is 12.3 Å². The van der Waals surface area contributed by atoms with Crippen molar-refractivity contribution < 1.29 is 8.78 Å². The van der Waals surface area contributed by atoms with Crippen LogP contribution in [0, 0.1) is 11.8 Å². The highest BCUT2D eigenvalue weighted by Gasteiger charge is 2.42. The Morgan fingerprint density at radius 1 is 1.62 bits per heavy atom. The molecule has 0 aromatic carbocycles. The number of hydrogen-bond acceptors (Lipinski definition) is 0. The van der Waals surface area contributed by atoms with Gasteiger partial charge < -0.3 is 0 Å². The van der Waals surface area contributed by atoms with E-state index in [-0.39, 0.29) is 11.8 Å². The van der Waals surface area contributed by atoms with Crippen molar-refractivity contribution >= 4 is 11.6 Å². The maximum atomic E-state index is 11.6. The molecule has 0 N–H and O–H groups in total. The van der Waals surface area contributed by atoms with E-state index in [1.54, 1.807) is 0 Å². The zero-order valence-electron chi connectivity index (χ0n) is 4.28. The Morgan fingerprint density at radius 2 is 2.25 bits per heavy atom. The van der Waals surface area contributed by atoms with Crippen LogP contribution in [0.5, 0.6) is 0 Å². The van der Waals surface area contributed by atoms with Gasteiger partial charge in [0.05, 0.1) is 0 Å². The number of rotatable bonds is 2. The Hall–Kier alpha value is 0.150. The third-order valence-corrected chi connectivity index (χ3v) is 1.90. The molecule has 0 aromatic rings. The quantitative estimate of drug-likeness (QED) is 0.516. The maximum Gasteiger partial charge on any atom is 0.241 e. The van der Waals surface area contributed by atoms with Gasteiger partial charge in [-0.25, -0.2) is 8.78 Å². The average molecular weight is 141 g/mol. The summed E-state index contributed by atoms with van der Waals surface area (Å²) < 4.78 is 23.2. The van der Waals surface area contributed by atoms with E-state index < -0.39 is 6.43 Å². The predicted octanol–water partition coefficient (Wildman–Crippen LogP) is 2.13. The van der Waals surface area contributed by atoms with E-state index in [0.717, 1.165) is 0 Å². The van der Waals surface area contributed by atoms with Crippen LogP contribution in [0.3, 0.4) is 0 Å². The van der Waals surface area contributed by atoms with Gasteiger partial charge in [-0.2, -0.15) is 0 Å². The van der Waals surface area contributed by atoms with Crippen molar-refractivity contribution in [1.82, 2.24) is 0 Å². The Labute approximate surface area is 51.8 Å². The summed E-state index contributed by atoms with van der Waals surface area (Å²) in [6.07, 6.45) is -1.51. The monoisotopic (exact) mass is 140 g/mol. The fourth-order valence-electron chi connectivity index (χ4n) is 0.757. The topological polar surface area (TPSA) is 0 Å². The van der Waals surface area contributed by atoms with Crippen LogP contribution in [0.2, 0.25) is 0 Å². The van der Waals surface area contributed by atoms with Crippen LogP contribution in [0.15, 0.2) is 0 Å². The molecule has 0 spiro atoms. The summed E-state index contributed by atoms with van der Waals surface area (Å²) in [4.78, 5) is 0. The molecule has 0 amide bonds. The van der Waals surface area contributed by atoms with E-state index in [1.807, 2.05) is 0 Å². The lowest BCUT2D eigenvalue weighted by Crippen LogP contribution is -1.95. The van der Waals surface area contributed by atoms with Crippen molar-refractivity contribution in [2.24, 2.45) is 11.8 Å². The van der Waals surface area contributed by atoms with Crippen molar-refractivity contribution in [3.63, 3.8) is 0 Å². The molecule has 48 valence electrons. The SMILES string of the molecule is FC(F)[C@H]1C[C@@H]1CCl. The summed E-state index contributed by atoms with van der Waals surface area (Å²) in [6.45, 7) is 0. The Kier molecular flexibility index (Phi) is 1.71. The third-order valence-electron chi connectivity index (χ3n) is 1.50. The van der Waals surface area contributed by atoms with Crippen LogP contribution in [-0.4, -0.2) is 12.3 Å². The van der Waals surface area contributed by atoms with Gasteiger partial charge in [0.25, 0.3) is 0 Å². The molecular weight excluding hydrogens is 134 g/mol. The van der Waals surface area contributed by atoms with Crippen LogP contribution in [0.25, 0.3) is 0 Å². The third kappa shape index (κ3) is 1.10. The molecule has 1 saturated carbocycles. The largest absolute Gasteiger partial charge is 0.241 e. The van der Waals surface area contributed by atoms with Gasteiger partial charge in [-0.15, -0.1) is 11.6 Å². The van der Waals surface area contributed by atoms with E-state index in [4.69, 9.17) is 11.6 Å². The van der Waals surface area contributed by atoms with Gasteiger partial charge in [-0.1, -0.05) is 0 Å². The molecule has 1 aliphatic rings. The highest BCUT2D eigenvalue weighted by Crippen LogP contribution is 2.43. The second kappa shape index (κ2) is 2.18. The molecule has 0 unspecified atom stereocenters. The number of halogens is 3. The molecule has 0 aromatic heterocycles. The van der Waals surface area contributed by atoms with Gasteiger partial charge in [0.1, 0.15) is 0 Å². The number of hydrogen-bond donors (Lipinski definition) is 0. The van der Waals surface area contributed by atoms with Crippen LogP contribution >= 0.6 is 11.6 Å². The first-order valence-electron chi connectivity index (χ1n) is 2.60. The standard InChI is InChI=1S/C5H7ClF2/c6-2-3-1-4(3)5(7)8/h3-5H,1-2H2/t3-,4+/m1/s1. The second-order valence-corrected chi connectivity index (χ2v) is 2.46. The average Bonchev–Trinajstić information content (AvgIpc) is 2.42. The first-order valence-corrected chi connectivity index (χ1v) is 3.13.